The first kappa shape index (κ1) is 10.4. The highest BCUT2D eigenvalue weighted by Gasteiger charge is 1.98. The maximum atomic E-state index is 9.20. The van der Waals surface area contributed by atoms with Crippen molar-refractivity contribution >= 4 is 11.6 Å². The van der Waals surface area contributed by atoms with Gasteiger partial charge in [-0.05, 0) is 43.9 Å². The molecule has 0 aromatic heterocycles. The van der Waals surface area contributed by atoms with Crippen LogP contribution in [0.3, 0.4) is 0 Å². The minimum Gasteiger partial charge on any atom is -0.508 e. The smallest absolute Gasteiger partial charge is 0.115 e. The molecule has 13 heavy (non-hydrogen) atoms. The lowest BCUT2D eigenvalue weighted by Gasteiger charge is -2.03. The van der Waals surface area contributed by atoms with Crippen LogP contribution in [-0.4, -0.2) is 10.5 Å². The Morgan fingerprint density at radius 3 is 2.85 bits per heavy atom. The molecular formula is C11H15ClO. The lowest BCUT2D eigenvalue weighted by Crippen LogP contribution is -1.92. The van der Waals surface area contributed by atoms with Gasteiger partial charge in [0.1, 0.15) is 5.75 Å². The number of phenols is 1. The summed E-state index contributed by atoms with van der Waals surface area (Å²) in [6, 6.07) is 7.39. The van der Waals surface area contributed by atoms with Crippen molar-refractivity contribution in [2.75, 3.05) is 0 Å². The highest BCUT2D eigenvalue weighted by molar-refractivity contribution is 6.20. The molecule has 0 aliphatic heterocycles. The molecule has 1 rings (SSSR count). The van der Waals surface area contributed by atoms with Gasteiger partial charge in [0, 0.05) is 5.38 Å². The molecule has 0 radical (unpaired) electrons. The van der Waals surface area contributed by atoms with Gasteiger partial charge in [0.2, 0.25) is 0 Å². The lowest BCUT2D eigenvalue weighted by molar-refractivity contribution is 0.474. The highest BCUT2D eigenvalue weighted by Crippen LogP contribution is 2.14. The van der Waals surface area contributed by atoms with Crippen LogP contribution >= 0.6 is 11.6 Å². The molecule has 1 nitrogen and oxygen atoms in total. The van der Waals surface area contributed by atoms with Crippen LogP contribution in [0.25, 0.3) is 0 Å². The fraction of sp³-hybridized carbons (Fsp3) is 0.455. The Bertz CT molecular complexity index is 258. The summed E-state index contributed by atoms with van der Waals surface area (Å²) >= 11 is 5.83. The molecular weight excluding hydrogens is 184 g/mol. The van der Waals surface area contributed by atoms with E-state index < -0.39 is 0 Å². The van der Waals surface area contributed by atoms with E-state index in [1.165, 1.54) is 5.56 Å². The van der Waals surface area contributed by atoms with Gasteiger partial charge in [0.15, 0.2) is 0 Å². The summed E-state index contributed by atoms with van der Waals surface area (Å²) in [5.41, 5.74) is 1.18. The molecule has 0 aliphatic rings. The summed E-state index contributed by atoms with van der Waals surface area (Å²) in [7, 11) is 0. The third kappa shape index (κ3) is 4.18. The zero-order valence-electron chi connectivity index (χ0n) is 7.83. The van der Waals surface area contributed by atoms with Crippen molar-refractivity contribution in [1.82, 2.24) is 0 Å². The van der Waals surface area contributed by atoms with Crippen molar-refractivity contribution in [1.29, 1.82) is 0 Å². The number of rotatable bonds is 4. The van der Waals surface area contributed by atoms with Crippen LogP contribution in [0.1, 0.15) is 25.3 Å². The van der Waals surface area contributed by atoms with Crippen LogP contribution in [-0.2, 0) is 6.42 Å². The Morgan fingerprint density at radius 2 is 2.23 bits per heavy atom. The monoisotopic (exact) mass is 198 g/mol. The second-order valence-electron chi connectivity index (χ2n) is 3.34. The second-order valence-corrected chi connectivity index (χ2v) is 4.09. The van der Waals surface area contributed by atoms with Crippen molar-refractivity contribution < 1.29 is 5.11 Å². The Labute approximate surface area is 84.4 Å². The molecule has 2 heteroatoms. The minimum absolute atomic E-state index is 0.248. The molecule has 1 atom stereocenters. The van der Waals surface area contributed by atoms with Gasteiger partial charge in [0.25, 0.3) is 0 Å². The van der Waals surface area contributed by atoms with Gasteiger partial charge < -0.3 is 5.11 Å². The largest absolute Gasteiger partial charge is 0.508 e. The van der Waals surface area contributed by atoms with Crippen LogP contribution in [0, 0.1) is 0 Å². The van der Waals surface area contributed by atoms with Crippen LogP contribution in [0.5, 0.6) is 5.75 Å². The van der Waals surface area contributed by atoms with Gasteiger partial charge in [0.05, 0.1) is 0 Å². The summed E-state index contributed by atoms with van der Waals surface area (Å²) in [5.74, 6) is 0.344. The zero-order valence-corrected chi connectivity index (χ0v) is 8.59. The van der Waals surface area contributed by atoms with Crippen molar-refractivity contribution in [2.24, 2.45) is 0 Å². The number of aromatic hydroxyl groups is 1. The number of hydrogen-bond donors (Lipinski definition) is 1. The Hall–Kier alpha value is -0.690. The summed E-state index contributed by atoms with van der Waals surface area (Å²) in [6.45, 7) is 2.00. The molecule has 0 bridgehead atoms. The number of hydrogen-bond acceptors (Lipinski definition) is 1. The van der Waals surface area contributed by atoms with Crippen LogP contribution < -0.4 is 0 Å². The molecule has 1 unspecified atom stereocenters. The van der Waals surface area contributed by atoms with E-state index >= 15 is 0 Å². The Balaban J connectivity index is 2.37. The van der Waals surface area contributed by atoms with E-state index in [9.17, 15) is 5.11 Å². The van der Waals surface area contributed by atoms with Crippen molar-refractivity contribution in [3.05, 3.63) is 29.8 Å². The maximum Gasteiger partial charge on any atom is 0.115 e. The molecule has 0 saturated heterocycles. The molecule has 0 saturated carbocycles. The fourth-order valence-corrected chi connectivity index (χ4v) is 1.45. The van der Waals surface area contributed by atoms with Gasteiger partial charge in [-0.3, -0.25) is 0 Å². The topological polar surface area (TPSA) is 20.2 Å². The van der Waals surface area contributed by atoms with Crippen LogP contribution in [0.15, 0.2) is 24.3 Å². The van der Waals surface area contributed by atoms with E-state index in [1.807, 2.05) is 19.1 Å². The summed E-state index contributed by atoms with van der Waals surface area (Å²) in [4.78, 5) is 0. The molecule has 1 aromatic carbocycles. The van der Waals surface area contributed by atoms with E-state index in [-0.39, 0.29) is 5.38 Å². The van der Waals surface area contributed by atoms with Crippen LogP contribution in [0.2, 0.25) is 0 Å². The van der Waals surface area contributed by atoms with Gasteiger partial charge in [-0.2, -0.15) is 0 Å². The highest BCUT2D eigenvalue weighted by atomic mass is 35.5. The molecule has 72 valence electrons. The Morgan fingerprint density at radius 1 is 1.46 bits per heavy atom. The molecule has 0 aliphatic carbocycles. The number of benzene rings is 1. The van der Waals surface area contributed by atoms with E-state index in [4.69, 9.17) is 11.6 Å². The molecule has 0 spiro atoms. The molecule has 0 fully saturated rings. The number of aryl methyl sites for hydroxylation is 1. The first-order valence-corrected chi connectivity index (χ1v) is 5.04. The van der Waals surface area contributed by atoms with Gasteiger partial charge >= 0.3 is 0 Å². The normalized spacial score (nSPS) is 12.8. The van der Waals surface area contributed by atoms with E-state index in [1.54, 1.807) is 12.1 Å². The van der Waals surface area contributed by atoms with E-state index in [0.29, 0.717) is 5.75 Å². The van der Waals surface area contributed by atoms with Gasteiger partial charge in [-0.15, -0.1) is 11.6 Å². The maximum absolute atomic E-state index is 9.20. The quantitative estimate of drug-likeness (QED) is 0.736. The standard InChI is InChI=1S/C11H15ClO/c1-9(12)4-2-5-10-6-3-7-11(13)8-10/h3,6-9,13H,2,4-5H2,1H3. The van der Waals surface area contributed by atoms with Gasteiger partial charge in [-0.25, -0.2) is 0 Å². The lowest BCUT2D eigenvalue weighted by atomic mass is 10.1. The average Bonchev–Trinajstić information content (AvgIpc) is 2.03. The third-order valence-electron chi connectivity index (χ3n) is 1.98. The SMILES string of the molecule is CC(Cl)CCCc1cccc(O)c1. The molecule has 0 amide bonds. The molecule has 1 N–H and O–H groups in total. The van der Waals surface area contributed by atoms with Crippen molar-refractivity contribution in [3.63, 3.8) is 0 Å². The third-order valence-corrected chi connectivity index (χ3v) is 2.20. The predicted molar refractivity (Wildman–Crippen MR) is 56.4 cm³/mol. The first-order valence-electron chi connectivity index (χ1n) is 4.60. The second kappa shape index (κ2) is 5.13. The molecule has 1 aromatic rings. The van der Waals surface area contributed by atoms with Gasteiger partial charge in [-0.1, -0.05) is 12.1 Å². The Kier molecular flexibility index (Phi) is 4.10. The number of halogens is 1. The predicted octanol–water partition coefficient (Wildman–Crippen LogP) is 3.34. The molecule has 0 heterocycles. The minimum atomic E-state index is 0.248. The summed E-state index contributed by atoms with van der Waals surface area (Å²) in [5, 5.41) is 9.44. The summed E-state index contributed by atoms with van der Waals surface area (Å²) < 4.78 is 0. The van der Waals surface area contributed by atoms with E-state index in [0.717, 1.165) is 19.3 Å². The number of alkyl halides is 1. The van der Waals surface area contributed by atoms with E-state index in [2.05, 4.69) is 0 Å². The number of phenolic OH excluding ortho intramolecular Hbond substituents is 1. The fourth-order valence-electron chi connectivity index (χ4n) is 1.30. The average molecular weight is 199 g/mol. The van der Waals surface area contributed by atoms with Crippen LogP contribution in [0.4, 0.5) is 0 Å². The summed E-state index contributed by atoms with van der Waals surface area (Å²) in [6.07, 6.45) is 3.09. The first-order chi connectivity index (χ1) is 6.18. The zero-order chi connectivity index (χ0) is 9.68. The van der Waals surface area contributed by atoms with Crippen molar-refractivity contribution in [3.8, 4) is 5.75 Å². The van der Waals surface area contributed by atoms with Crippen molar-refractivity contribution in [2.45, 2.75) is 31.6 Å².